The fraction of sp³-hybridized carbons (Fsp3) is 0.300. The quantitative estimate of drug-likeness (QED) is 0.844. The molecule has 0 unspecified atom stereocenters. The lowest BCUT2D eigenvalue weighted by Crippen LogP contribution is -2.21. The molecule has 0 amide bonds. The summed E-state index contributed by atoms with van der Waals surface area (Å²) in [5.41, 5.74) is 0. The zero-order valence-electron chi connectivity index (χ0n) is 9.41. The van der Waals surface area contributed by atoms with Gasteiger partial charge in [-0.15, -0.1) is 0 Å². The van der Waals surface area contributed by atoms with Gasteiger partial charge in [0, 0.05) is 21.0 Å². The van der Waals surface area contributed by atoms with Crippen molar-refractivity contribution in [2.45, 2.75) is 11.8 Å². The summed E-state index contributed by atoms with van der Waals surface area (Å²) in [7, 11) is -0.211. The van der Waals surface area contributed by atoms with E-state index >= 15 is 0 Å². The van der Waals surface area contributed by atoms with Crippen LogP contribution < -0.4 is 0 Å². The molecule has 90 valence electrons. The Labute approximate surface area is 95.4 Å². The van der Waals surface area contributed by atoms with Crippen LogP contribution in [0.4, 0.5) is 0 Å². The van der Waals surface area contributed by atoms with Crippen LogP contribution in [0.3, 0.4) is 0 Å². The molecule has 1 N–H and O–H groups in total. The number of aliphatic carboxylic acids is 1. The van der Waals surface area contributed by atoms with Crippen molar-refractivity contribution in [1.82, 2.24) is 4.31 Å². The Morgan fingerprint density at radius 2 is 1.56 bits per heavy atom. The van der Waals surface area contributed by atoms with Gasteiger partial charge >= 0.3 is 0 Å². The lowest BCUT2D eigenvalue weighted by Gasteiger charge is -2.10. The Balaban J connectivity index is 0.000000487. The third kappa shape index (κ3) is 4.90. The first kappa shape index (κ1) is 14.6. The van der Waals surface area contributed by atoms with Gasteiger partial charge in [-0.25, -0.2) is 12.7 Å². The molecular formula is C10H15NO4S. The van der Waals surface area contributed by atoms with Crippen molar-refractivity contribution in [1.29, 1.82) is 0 Å². The summed E-state index contributed by atoms with van der Waals surface area (Å²) in [6.07, 6.45) is 0. The number of hydrogen-bond acceptors (Lipinski definition) is 3. The van der Waals surface area contributed by atoms with Crippen LogP contribution >= 0.6 is 0 Å². The number of carboxylic acid groups (broad SMARTS) is 1. The van der Waals surface area contributed by atoms with Crippen molar-refractivity contribution in [3.05, 3.63) is 30.3 Å². The maximum atomic E-state index is 11.5. The first-order valence-corrected chi connectivity index (χ1v) is 5.89. The topological polar surface area (TPSA) is 74.7 Å². The number of rotatable bonds is 2. The second kappa shape index (κ2) is 6.24. The van der Waals surface area contributed by atoms with Crippen LogP contribution in [0.5, 0.6) is 0 Å². The molecule has 6 heteroatoms. The van der Waals surface area contributed by atoms with E-state index in [1.807, 2.05) is 0 Å². The molecule has 0 atom stereocenters. The Bertz CT molecular complexity index is 421. The minimum atomic E-state index is -3.24. The van der Waals surface area contributed by atoms with E-state index in [-0.39, 0.29) is 0 Å². The Hall–Kier alpha value is -1.40. The normalized spacial score (nSPS) is 10.5. The lowest BCUT2D eigenvalue weighted by atomic mass is 10.4. The molecule has 0 heterocycles. The van der Waals surface area contributed by atoms with Gasteiger partial charge < -0.3 is 5.11 Å². The van der Waals surface area contributed by atoms with Crippen molar-refractivity contribution >= 4 is 16.0 Å². The molecule has 0 fully saturated rings. The SMILES string of the molecule is CC(=O)O.CN(C)S(=O)(=O)c1ccccc1. The minimum absolute atomic E-state index is 0.329. The van der Waals surface area contributed by atoms with Crippen molar-refractivity contribution < 1.29 is 18.3 Å². The predicted octanol–water partition coefficient (Wildman–Crippen LogP) is 1.03. The zero-order chi connectivity index (χ0) is 12.8. The van der Waals surface area contributed by atoms with E-state index in [4.69, 9.17) is 9.90 Å². The summed E-state index contributed by atoms with van der Waals surface area (Å²) in [5.74, 6) is -0.833. The van der Waals surface area contributed by atoms with Gasteiger partial charge in [0.25, 0.3) is 5.97 Å². The molecule has 0 saturated heterocycles. The average Bonchev–Trinajstić information content (AvgIpc) is 2.18. The molecule has 1 aromatic rings. The molecule has 0 spiro atoms. The van der Waals surface area contributed by atoms with Gasteiger partial charge in [0.05, 0.1) is 4.90 Å². The highest BCUT2D eigenvalue weighted by atomic mass is 32.2. The Kier molecular flexibility index (Phi) is 5.69. The molecular weight excluding hydrogens is 230 g/mol. The van der Waals surface area contributed by atoms with Crippen LogP contribution in [0, 0.1) is 0 Å². The number of hydrogen-bond donors (Lipinski definition) is 1. The van der Waals surface area contributed by atoms with E-state index in [1.54, 1.807) is 30.3 Å². The maximum Gasteiger partial charge on any atom is 0.300 e. The van der Waals surface area contributed by atoms with Crippen LogP contribution in [0.1, 0.15) is 6.92 Å². The summed E-state index contributed by atoms with van der Waals surface area (Å²) < 4.78 is 24.1. The second-order valence-electron chi connectivity index (χ2n) is 3.12. The fourth-order valence-electron chi connectivity index (χ4n) is 0.803. The summed E-state index contributed by atoms with van der Waals surface area (Å²) in [6, 6.07) is 8.35. The standard InChI is InChI=1S/C8H11NO2S.C2H4O2/c1-9(2)12(10,11)8-6-4-3-5-7-8;1-2(3)4/h3-7H,1-2H3;1H3,(H,3,4). The van der Waals surface area contributed by atoms with E-state index in [2.05, 4.69) is 0 Å². The highest BCUT2D eigenvalue weighted by molar-refractivity contribution is 7.89. The van der Waals surface area contributed by atoms with Crippen LogP contribution in [0.2, 0.25) is 0 Å². The first-order valence-electron chi connectivity index (χ1n) is 4.45. The Morgan fingerprint density at radius 1 is 1.19 bits per heavy atom. The number of carbonyl (C=O) groups is 1. The van der Waals surface area contributed by atoms with E-state index in [0.717, 1.165) is 6.92 Å². The summed E-state index contributed by atoms with van der Waals surface area (Å²) in [6.45, 7) is 1.08. The van der Waals surface area contributed by atoms with Crippen molar-refractivity contribution in [2.75, 3.05) is 14.1 Å². The van der Waals surface area contributed by atoms with Gasteiger partial charge in [0.2, 0.25) is 10.0 Å². The van der Waals surface area contributed by atoms with Gasteiger partial charge in [-0.2, -0.15) is 0 Å². The van der Waals surface area contributed by atoms with E-state index in [1.165, 1.54) is 18.4 Å². The number of carboxylic acids is 1. The summed E-state index contributed by atoms with van der Waals surface area (Å²) >= 11 is 0. The molecule has 0 radical (unpaired) electrons. The third-order valence-corrected chi connectivity index (χ3v) is 3.35. The molecule has 0 aliphatic heterocycles. The molecule has 16 heavy (non-hydrogen) atoms. The summed E-state index contributed by atoms with van der Waals surface area (Å²) in [4.78, 5) is 9.33. The third-order valence-electron chi connectivity index (χ3n) is 1.52. The van der Waals surface area contributed by atoms with Gasteiger partial charge in [0.1, 0.15) is 0 Å². The largest absolute Gasteiger partial charge is 0.481 e. The minimum Gasteiger partial charge on any atom is -0.481 e. The maximum absolute atomic E-state index is 11.5. The molecule has 0 bridgehead atoms. The van der Waals surface area contributed by atoms with Gasteiger partial charge in [-0.05, 0) is 12.1 Å². The van der Waals surface area contributed by atoms with Crippen LogP contribution in [-0.2, 0) is 14.8 Å². The van der Waals surface area contributed by atoms with E-state index in [9.17, 15) is 8.42 Å². The molecule has 1 aromatic carbocycles. The zero-order valence-corrected chi connectivity index (χ0v) is 10.2. The van der Waals surface area contributed by atoms with Gasteiger partial charge in [-0.1, -0.05) is 18.2 Å². The molecule has 0 aliphatic rings. The fourth-order valence-corrected chi connectivity index (χ4v) is 1.73. The van der Waals surface area contributed by atoms with Crippen molar-refractivity contribution in [3.63, 3.8) is 0 Å². The monoisotopic (exact) mass is 245 g/mol. The molecule has 5 nitrogen and oxygen atoms in total. The molecule has 0 aromatic heterocycles. The van der Waals surface area contributed by atoms with Crippen LogP contribution in [0.15, 0.2) is 35.2 Å². The van der Waals surface area contributed by atoms with Crippen LogP contribution in [-0.4, -0.2) is 37.9 Å². The van der Waals surface area contributed by atoms with Gasteiger partial charge in [0.15, 0.2) is 0 Å². The highest BCUT2D eigenvalue weighted by Crippen LogP contribution is 2.10. The number of benzene rings is 1. The average molecular weight is 245 g/mol. The van der Waals surface area contributed by atoms with Crippen molar-refractivity contribution in [2.24, 2.45) is 0 Å². The lowest BCUT2D eigenvalue weighted by molar-refractivity contribution is -0.134. The molecule has 0 saturated carbocycles. The van der Waals surface area contributed by atoms with E-state index in [0.29, 0.717) is 4.90 Å². The molecule has 0 aliphatic carbocycles. The predicted molar refractivity (Wildman–Crippen MR) is 60.6 cm³/mol. The van der Waals surface area contributed by atoms with Gasteiger partial charge in [-0.3, -0.25) is 4.79 Å². The van der Waals surface area contributed by atoms with Crippen LogP contribution in [0.25, 0.3) is 0 Å². The van der Waals surface area contributed by atoms with Crippen molar-refractivity contribution in [3.8, 4) is 0 Å². The second-order valence-corrected chi connectivity index (χ2v) is 5.27. The summed E-state index contributed by atoms with van der Waals surface area (Å²) in [5, 5.41) is 7.42. The first-order chi connectivity index (χ1) is 7.28. The highest BCUT2D eigenvalue weighted by Gasteiger charge is 2.15. The smallest absolute Gasteiger partial charge is 0.300 e. The number of nitrogens with zero attached hydrogens (tertiary/aromatic N) is 1. The number of sulfonamides is 1. The molecule has 1 rings (SSSR count). The Morgan fingerprint density at radius 3 is 1.88 bits per heavy atom. The van der Waals surface area contributed by atoms with E-state index < -0.39 is 16.0 Å².